The van der Waals surface area contributed by atoms with E-state index in [2.05, 4.69) is 30.7 Å². The highest BCUT2D eigenvalue weighted by atomic mass is 32.1. The van der Waals surface area contributed by atoms with Gasteiger partial charge in [0.05, 0.1) is 0 Å². The van der Waals surface area contributed by atoms with Crippen molar-refractivity contribution >= 4 is 21.7 Å². The monoisotopic (exact) mass is 298 g/mol. The summed E-state index contributed by atoms with van der Waals surface area (Å²) >= 11 is 1.64. The van der Waals surface area contributed by atoms with E-state index >= 15 is 0 Å². The third-order valence-electron chi connectivity index (χ3n) is 3.10. The molecule has 21 heavy (non-hydrogen) atoms. The zero-order valence-corrected chi connectivity index (χ0v) is 13.3. The number of rotatable bonds is 3. The van der Waals surface area contributed by atoms with Crippen molar-refractivity contribution in [3.8, 4) is 5.88 Å². The highest BCUT2D eigenvalue weighted by Crippen LogP contribution is 2.31. The number of nitrogens with zero attached hydrogens (tertiary/aromatic N) is 2. The van der Waals surface area contributed by atoms with Crippen LogP contribution < -0.4 is 4.74 Å². The first-order chi connectivity index (χ1) is 10.0. The number of aromatic nitrogens is 2. The van der Waals surface area contributed by atoms with Crippen molar-refractivity contribution in [2.75, 3.05) is 0 Å². The van der Waals surface area contributed by atoms with Crippen LogP contribution in [0.25, 0.3) is 10.3 Å². The molecule has 2 aromatic heterocycles. The first-order valence-electron chi connectivity index (χ1n) is 6.97. The summed E-state index contributed by atoms with van der Waals surface area (Å²) < 4.78 is 5.76. The Labute approximate surface area is 128 Å². The van der Waals surface area contributed by atoms with Crippen molar-refractivity contribution in [1.29, 1.82) is 0 Å². The van der Waals surface area contributed by atoms with Crippen LogP contribution in [0.2, 0.25) is 0 Å². The van der Waals surface area contributed by atoms with Gasteiger partial charge in [0.25, 0.3) is 0 Å². The van der Waals surface area contributed by atoms with E-state index in [1.54, 1.807) is 11.3 Å². The van der Waals surface area contributed by atoms with E-state index < -0.39 is 0 Å². The van der Waals surface area contributed by atoms with Gasteiger partial charge in [-0.3, -0.25) is 0 Å². The van der Waals surface area contributed by atoms with Crippen LogP contribution >= 0.6 is 11.3 Å². The van der Waals surface area contributed by atoms with Gasteiger partial charge in [0.2, 0.25) is 5.88 Å². The second-order valence-corrected chi connectivity index (χ2v) is 6.99. The standard InChI is InChI=1S/C17H18N2OS/c1-17(2,3)16-18-13-9-10-14(19-15(13)21-16)20-11-12-7-5-4-6-8-12/h4-10H,11H2,1-3H3. The molecule has 0 aliphatic rings. The van der Waals surface area contributed by atoms with Crippen molar-refractivity contribution in [2.24, 2.45) is 0 Å². The van der Waals surface area contributed by atoms with Crippen LogP contribution in [-0.4, -0.2) is 9.97 Å². The first-order valence-corrected chi connectivity index (χ1v) is 7.79. The highest BCUT2D eigenvalue weighted by Gasteiger charge is 2.19. The number of hydrogen-bond acceptors (Lipinski definition) is 4. The van der Waals surface area contributed by atoms with Crippen LogP contribution in [0.3, 0.4) is 0 Å². The Morgan fingerprint density at radius 2 is 1.76 bits per heavy atom. The van der Waals surface area contributed by atoms with Gasteiger partial charge in [-0.05, 0) is 11.6 Å². The maximum Gasteiger partial charge on any atom is 0.215 e. The van der Waals surface area contributed by atoms with Gasteiger partial charge in [-0.15, -0.1) is 0 Å². The molecule has 0 N–H and O–H groups in total. The minimum atomic E-state index is 0.0520. The van der Waals surface area contributed by atoms with Crippen LogP contribution in [-0.2, 0) is 12.0 Å². The predicted octanol–water partition coefficient (Wildman–Crippen LogP) is 4.57. The molecule has 0 saturated carbocycles. The average Bonchev–Trinajstić information content (AvgIpc) is 2.89. The van der Waals surface area contributed by atoms with Crippen LogP contribution in [0.4, 0.5) is 0 Å². The summed E-state index contributed by atoms with van der Waals surface area (Å²) in [5.74, 6) is 0.649. The Balaban J connectivity index is 1.81. The molecule has 0 atom stereocenters. The number of fused-ring (bicyclic) bond motifs is 1. The molecular formula is C17H18N2OS. The lowest BCUT2D eigenvalue weighted by molar-refractivity contribution is 0.295. The molecule has 0 amide bonds. The number of benzene rings is 1. The Kier molecular flexibility index (Phi) is 3.64. The minimum Gasteiger partial charge on any atom is -0.473 e. The van der Waals surface area contributed by atoms with Gasteiger partial charge in [-0.1, -0.05) is 62.4 Å². The third kappa shape index (κ3) is 3.22. The Hall–Kier alpha value is -1.94. The molecule has 3 aromatic rings. The molecular weight excluding hydrogens is 280 g/mol. The average molecular weight is 298 g/mol. The van der Waals surface area contributed by atoms with E-state index in [0.717, 1.165) is 20.9 Å². The van der Waals surface area contributed by atoms with E-state index in [9.17, 15) is 0 Å². The zero-order valence-electron chi connectivity index (χ0n) is 12.5. The van der Waals surface area contributed by atoms with Gasteiger partial charge in [0, 0.05) is 11.5 Å². The molecule has 0 fully saturated rings. The molecule has 3 nitrogen and oxygen atoms in total. The van der Waals surface area contributed by atoms with Gasteiger partial charge in [-0.2, -0.15) is 0 Å². The van der Waals surface area contributed by atoms with E-state index in [1.165, 1.54) is 0 Å². The molecule has 0 aliphatic carbocycles. The number of ether oxygens (including phenoxy) is 1. The SMILES string of the molecule is CC(C)(C)c1nc2ccc(OCc3ccccc3)nc2s1. The van der Waals surface area contributed by atoms with Gasteiger partial charge in [0.15, 0.2) is 0 Å². The van der Waals surface area contributed by atoms with E-state index in [4.69, 9.17) is 4.74 Å². The molecule has 0 saturated heterocycles. The molecule has 0 aliphatic heterocycles. The van der Waals surface area contributed by atoms with Gasteiger partial charge in [0.1, 0.15) is 22.0 Å². The zero-order chi connectivity index (χ0) is 14.9. The lowest BCUT2D eigenvalue weighted by Crippen LogP contribution is -2.09. The normalized spacial score (nSPS) is 11.8. The summed E-state index contributed by atoms with van der Waals surface area (Å²) in [4.78, 5) is 10.1. The van der Waals surface area contributed by atoms with E-state index in [-0.39, 0.29) is 5.41 Å². The summed E-state index contributed by atoms with van der Waals surface area (Å²) in [6, 6.07) is 14.0. The Morgan fingerprint density at radius 3 is 2.48 bits per heavy atom. The lowest BCUT2D eigenvalue weighted by atomic mass is 9.98. The summed E-state index contributed by atoms with van der Waals surface area (Å²) in [5, 5.41) is 1.10. The molecule has 0 spiro atoms. The third-order valence-corrected chi connectivity index (χ3v) is 4.49. The van der Waals surface area contributed by atoms with Crippen LogP contribution in [0, 0.1) is 0 Å². The van der Waals surface area contributed by atoms with Crippen molar-refractivity contribution in [3.05, 3.63) is 53.0 Å². The first kappa shape index (κ1) is 14.0. The quantitative estimate of drug-likeness (QED) is 0.710. The molecule has 1 aromatic carbocycles. The van der Waals surface area contributed by atoms with Crippen LogP contribution in [0.1, 0.15) is 31.3 Å². The molecule has 2 heterocycles. The molecule has 0 bridgehead atoms. The van der Waals surface area contributed by atoms with Crippen LogP contribution in [0.15, 0.2) is 42.5 Å². The minimum absolute atomic E-state index is 0.0520. The fourth-order valence-electron chi connectivity index (χ4n) is 1.93. The van der Waals surface area contributed by atoms with E-state index in [1.807, 2.05) is 42.5 Å². The fourth-order valence-corrected chi connectivity index (χ4v) is 2.92. The Bertz CT molecular complexity index is 744. The number of hydrogen-bond donors (Lipinski definition) is 0. The van der Waals surface area contributed by atoms with Crippen LogP contribution in [0.5, 0.6) is 5.88 Å². The molecule has 108 valence electrons. The maximum absolute atomic E-state index is 5.76. The fraction of sp³-hybridized carbons (Fsp3) is 0.294. The van der Waals surface area contributed by atoms with E-state index in [0.29, 0.717) is 12.5 Å². The molecule has 4 heteroatoms. The van der Waals surface area contributed by atoms with Gasteiger partial charge in [-0.25, -0.2) is 9.97 Å². The van der Waals surface area contributed by atoms with Crippen molar-refractivity contribution < 1.29 is 4.74 Å². The van der Waals surface area contributed by atoms with Crippen molar-refractivity contribution in [2.45, 2.75) is 32.8 Å². The molecule has 0 unspecified atom stereocenters. The second kappa shape index (κ2) is 5.45. The second-order valence-electron chi connectivity index (χ2n) is 6.02. The summed E-state index contributed by atoms with van der Waals surface area (Å²) in [6.45, 7) is 7.02. The summed E-state index contributed by atoms with van der Waals surface area (Å²) in [6.07, 6.45) is 0. The molecule has 0 radical (unpaired) electrons. The van der Waals surface area contributed by atoms with Crippen molar-refractivity contribution in [3.63, 3.8) is 0 Å². The lowest BCUT2D eigenvalue weighted by Gasteiger charge is -2.12. The highest BCUT2D eigenvalue weighted by molar-refractivity contribution is 7.18. The molecule has 3 rings (SSSR count). The Morgan fingerprint density at radius 1 is 1.00 bits per heavy atom. The summed E-state index contributed by atoms with van der Waals surface area (Å²) in [7, 11) is 0. The topological polar surface area (TPSA) is 35.0 Å². The predicted molar refractivity (Wildman–Crippen MR) is 86.9 cm³/mol. The number of thiazole rings is 1. The smallest absolute Gasteiger partial charge is 0.215 e. The van der Waals surface area contributed by atoms with Gasteiger partial charge < -0.3 is 4.74 Å². The maximum atomic E-state index is 5.76. The number of pyridine rings is 1. The summed E-state index contributed by atoms with van der Waals surface area (Å²) in [5.41, 5.74) is 2.13. The van der Waals surface area contributed by atoms with Gasteiger partial charge >= 0.3 is 0 Å². The largest absolute Gasteiger partial charge is 0.473 e. The van der Waals surface area contributed by atoms with Crippen molar-refractivity contribution in [1.82, 2.24) is 9.97 Å².